The quantitative estimate of drug-likeness (QED) is 0.652. The zero-order chi connectivity index (χ0) is 11.3. The third-order valence-corrected chi connectivity index (χ3v) is 2.69. The van der Waals surface area contributed by atoms with Gasteiger partial charge in [0.1, 0.15) is 0 Å². The first kappa shape index (κ1) is 12.0. The molecule has 1 aliphatic rings. The Hall–Kier alpha value is -1.10. The first-order valence-electron chi connectivity index (χ1n) is 5.35. The number of nitrogens with two attached hydrogens (primary N) is 1. The van der Waals surface area contributed by atoms with E-state index in [4.69, 9.17) is 5.73 Å². The Labute approximate surface area is 90.0 Å². The maximum atomic E-state index is 11.4. The Kier molecular flexibility index (Phi) is 4.55. The Morgan fingerprint density at radius 2 is 2.27 bits per heavy atom. The minimum atomic E-state index is -0.0164. The largest absolute Gasteiger partial charge is 0.356 e. The van der Waals surface area contributed by atoms with Gasteiger partial charge in [-0.1, -0.05) is 0 Å². The molecule has 0 unspecified atom stereocenters. The zero-order valence-corrected chi connectivity index (χ0v) is 9.16. The van der Waals surface area contributed by atoms with Crippen molar-refractivity contribution in [3.8, 4) is 0 Å². The maximum absolute atomic E-state index is 11.4. The highest BCUT2D eigenvalue weighted by Crippen LogP contribution is 2.15. The van der Waals surface area contributed by atoms with Crippen LogP contribution in [0.2, 0.25) is 0 Å². The molecule has 0 aromatic carbocycles. The van der Waals surface area contributed by atoms with Crippen molar-refractivity contribution in [3.05, 3.63) is 0 Å². The molecule has 86 valence electrons. The van der Waals surface area contributed by atoms with Gasteiger partial charge in [0, 0.05) is 26.6 Å². The smallest absolute Gasteiger partial charge is 0.236 e. The zero-order valence-electron chi connectivity index (χ0n) is 9.16. The van der Waals surface area contributed by atoms with Crippen LogP contribution in [0.3, 0.4) is 0 Å². The van der Waals surface area contributed by atoms with Crippen LogP contribution in [-0.4, -0.2) is 42.9 Å². The van der Waals surface area contributed by atoms with Gasteiger partial charge in [-0.25, -0.2) is 0 Å². The predicted molar refractivity (Wildman–Crippen MR) is 57.0 cm³/mol. The van der Waals surface area contributed by atoms with E-state index in [-0.39, 0.29) is 18.4 Å². The SMILES string of the molecule is CC(=O)NC[C@H]1CCCN(C(=O)CN)C1. The lowest BCUT2D eigenvalue weighted by molar-refractivity contribution is -0.131. The van der Waals surface area contributed by atoms with Gasteiger partial charge < -0.3 is 16.0 Å². The summed E-state index contributed by atoms with van der Waals surface area (Å²) in [6, 6.07) is 0. The predicted octanol–water partition coefficient (Wildman–Crippen LogP) is -0.680. The molecule has 0 radical (unpaired) electrons. The number of carbonyl (C=O) groups is 2. The fourth-order valence-corrected chi connectivity index (χ4v) is 1.88. The summed E-state index contributed by atoms with van der Waals surface area (Å²) in [6.07, 6.45) is 2.06. The van der Waals surface area contributed by atoms with E-state index < -0.39 is 0 Å². The second-order valence-corrected chi connectivity index (χ2v) is 3.99. The molecular weight excluding hydrogens is 194 g/mol. The van der Waals surface area contributed by atoms with Crippen molar-refractivity contribution < 1.29 is 9.59 Å². The highest BCUT2D eigenvalue weighted by molar-refractivity contribution is 5.78. The molecule has 5 nitrogen and oxygen atoms in total. The van der Waals surface area contributed by atoms with Crippen LogP contribution >= 0.6 is 0 Å². The summed E-state index contributed by atoms with van der Waals surface area (Å²) in [7, 11) is 0. The van der Waals surface area contributed by atoms with Crippen LogP contribution in [0, 0.1) is 5.92 Å². The molecule has 1 atom stereocenters. The number of likely N-dealkylation sites (tertiary alicyclic amines) is 1. The number of hydrogen-bond donors (Lipinski definition) is 2. The van der Waals surface area contributed by atoms with Crippen molar-refractivity contribution in [2.75, 3.05) is 26.2 Å². The third-order valence-electron chi connectivity index (χ3n) is 2.69. The van der Waals surface area contributed by atoms with E-state index in [1.807, 2.05) is 0 Å². The normalized spacial score (nSPS) is 21.2. The monoisotopic (exact) mass is 213 g/mol. The molecule has 2 amide bonds. The molecule has 0 spiro atoms. The van der Waals surface area contributed by atoms with Gasteiger partial charge in [0.15, 0.2) is 0 Å². The lowest BCUT2D eigenvalue weighted by atomic mass is 9.98. The molecule has 1 heterocycles. The fourth-order valence-electron chi connectivity index (χ4n) is 1.88. The standard InChI is InChI=1S/C10H19N3O2/c1-8(14)12-6-9-3-2-4-13(7-9)10(15)5-11/h9H,2-7,11H2,1H3,(H,12,14)/t9-/m1/s1. The number of rotatable bonds is 3. The van der Waals surface area contributed by atoms with Crippen LogP contribution in [0.25, 0.3) is 0 Å². The van der Waals surface area contributed by atoms with E-state index in [0.29, 0.717) is 12.5 Å². The summed E-state index contributed by atoms with van der Waals surface area (Å²) in [6.45, 7) is 3.76. The first-order valence-corrected chi connectivity index (χ1v) is 5.35. The van der Waals surface area contributed by atoms with Crippen LogP contribution in [0.5, 0.6) is 0 Å². The average molecular weight is 213 g/mol. The minimum Gasteiger partial charge on any atom is -0.356 e. The van der Waals surface area contributed by atoms with Crippen molar-refractivity contribution in [2.24, 2.45) is 11.7 Å². The Balaban J connectivity index is 2.35. The summed E-state index contributed by atoms with van der Waals surface area (Å²) >= 11 is 0. The van der Waals surface area contributed by atoms with Crippen LogP contribution in [0.1, 0.15) is 19.8 Å². The van der Waals surface area contributed by atoms with Crippen LogP contribution in [0.15, 0.2) is 0 Å². The van der Waals surface area contributed by atoms with E-state index in [1.165, 1.54) is 6.92 Å². The molecule has 0 aromatic rings. The van der Waals surface area contributed by atoms with Crippen LogP contribution in [-0.2, 0) is 9.59 Å². The number of piperidine rings is 1. The maximum Gasteiger partial charge on any atom is 0.236 e. The number of hydrogen-bond acceptors (Lipinski definition) is 3. The first-order chi connectivity index (χ1) is 7.13. The molecule has 0 aliphatic carbocycles. The molecule has 1 aliphatic heterocycles. The van der Waals surface area contributed by atoms with Gasteiger partial charge in [-0.2, -0.15) is 0 Å². The van der Waals surface area contributed by atoms with Crippen molar-refractivity contribution in [1.29, 1.82) is 0 Å². The molecule has 1 rings (SSSR count). The summed E-state index contributed by atoms with van der Waals surface area (Å²) in [5, 5.41) is 2.78. The van der Waals surface area contributed by atoms with Crippen molar-refractivity contribution in [2.45, 2.75) is 19.8 Å². The van der Waals surface area contributed by atoms with Crippen molar-refractivity contribution in [1.82, 2.24) is 10.2 Å². The van der Waals surface area contributed by atoms with Gasteiger partial charge in [0.25, 0.3) is 0 Å². The fraction of sp³-hybridized carbons (Fsp3) is 0.800. The topological polar surface area (TPSA) is 75.4 Å². The molecular formula is C10H19N3O2. The van der Waals surface area contributed by atoms with Gasteiger partial charge in [-0.15, -0.1) is 0 Å². The Morgan fingerprint density at radius 1 is 1.53 bits per heavy atom. The highest BCUT2D eigenvalue weighted by atomic mass is 16.2. The molecule has 3 N–H and O–H groups in total. The number of nitrogens with one attached hydrogen (secondary N) is 1. The molecule has 1 fully saturated rings. The van der Waals surface area contributed by atoms with Gasteiger partial charge in [0.05, 0.1) is 6.54 Å². The summed E-state index contributed by atoms with van der Waals surface area (Å²) in [5.41, 5.74) is 5.31. The molecule has 0 bridgehead atoms. The van der Waals surface area contributed by atoms with Gasteiger partial charge in [-0.3, -0.25) is 9.59 Å². The number of nitrogens with zero attached hydrogens (tertiary/aromatic N) is 1. The second kappa shape index (κ2) is 5.70. The van der Waals surface area contributed by atoms with Crippen molar-refractivity contribution >= 4 is 11.8 Å². The number of carbonyl (C=O) groups excluding carboxylic acids is 2. The van der Waals surface area contributed by atoms with Crippen LogP contribution < -0.4 is 11.1 Å². The molecule has 5 heteroatoms. The summed E-state index contributed by atoms with van der Waals surface area (Å²) < 4.78 is 0. The van der Waals surface area contributed by atoms with Gasteiger partial charge >= 0.3 is 0 Å². The van der Waals surface area contributed by atoms with E-state index in [0.717, 1.165) is 25.9 Å². The molecule has 0 saturated carbocycles. The summed E-state index contributed by atoms with van der Waals surface area (Å²) in [4.78, 5) is 23.9. The summed E-state index contributed by atoms with van der Waals surface area (Å²) in [5.74, 6) is 0.359. The van der Waals surface area contributed by atoms with E-state index in [1.54, 1.807) is 4.90 Å². The molecule has 0 aromatic heterocycles. The highest BCUT2D eigenvalue weighted by Gasteiger charge is 2.22. The molecule has 1 saturated heterocycles. The van der Waals surface area contributed by atoms with Crippen LogP contribution in [0.4, 0.5) is 0 Å². The third kappa shape index (κ3) is 3.87. The lowest BCUT2D eigenvalue weighted by Crippen LogP contribution is -2.45. The van der Waals surface area contributed by atoms with E-state index >= 15 is 0 Å². The molecule has 15 heavy (non-hydrogen) atoms. The van der Waals surface area contributed by atoms with Gasteiger partial charge in [0.2, 0.25) is 11.8 Å². The second-order valence-electron chi connectivity index (χ2n) is 3.99. The average Bonchev–Trinajstić information content (AvgIpc) is 2.25. The van der Waals surface area contributed by atoms with Gasteiger partial charge in [-0.05, 0) is 18.8 Å². The Morgan fingerprint density at radius 3 is 2.87 bits per heavy atom. The minimum absolute atomic E-state index is 0.00234. The van der Waals surface area contributed by atoms with E-state index in [9.17, 15) is 9.59 Å². The Bertz CT molecular complexity index is 243. The lowest BCUT2D eigenvalue weighted by Gasteiger charge is -2.32. The van der Waals surface area contributed by atoms with Crippen molar-refractivity contribution in [3.63, 3.8) is 0 Å². The number of amides is 2. The van der Waals surface area contributed by atoms with E-state index in [2.05, 4.69) is 5.32 Å².